The number of aromatic nitrogens is 4. The van der Waals surface area contributed by atoms with E-state index in [0.717, 1.165) is 67.0 Å². The first-order chi connectivity index (χ1) is 18.4. The van der Waals surface area contributed by atoms with Crippen molar-refractivity contribution in [3.05, 3.63) is 47.2 Å². The second-order valence-electron chi connectivity index (χ2n) is 11.7. The number of likely N-dealkylation sites (tertiary alicyclic amines) is 1. The molecule has 0 atom stereocenters. The van der Waals surface area contributed by atoms with Gasteiger partial charge in [-0.15, -0.1) is 0 Å². The Morgan fingerprint density at radius 2 is 1.82 bits per heavy atom. The molecule has 2 fully saturated rings. The van der Waals surface area contributed by atoms with Gasteiger partial charge in [0.15, 0.2) is 5.65 Å². The number of rotatable bonds is 9. The molecule has 2 aliphatic rings. The normalized spacial score (nSPS) is 21.2. The van der Waals surface area contributed by atoms with E-state index in [9.17, 15) is 4.79 Å². The average molecular weight is 519 g/mol. The third kappa shape index (κ3) is 6.34. The van der Waals surface area contributed by atoms with Gasteiger partial charge in [0, 0.05) is 37.5 Å². The van der Waals surface area contributed by atoms with Crippen LogP contribution in [0.5, 0.6) is 6.01 Å². The van der Waals surface area contributed by atoms with E-state index >= 15 is 0 Å². The molecule has 8 heteroatoms. The molecule has 5 rings (SSSR count). The lowest BCUT2D eigenvalue weighted by molar-refractivity contribution is -0.123. The number of nitrogens with one attached hydrogen (secondary N) is 1. The molecule has 8 nitrogen and oxygen atoms in total. The van der Waals surface area contributed by atoms with Crippen molar-refractivity contribution in [1.82, 2.24) is 24.5 Å². The third-order valence-corrected chi connectivity index (χ3v) is 8.23. The number of nitrogens with zero attached hydrogens (tertiary/aromatic N) is 5. The van der Waals surface area contributed by atoms with E-state index in [4.69, 9.17) is 14.7 Å². The number of carbonyl (C=O) groups is 1. The van der Waals surface area contributed by atoms with E-state index in [1.165, 1.54) is 12.8 Å². The fraction of sp³-hybridized carbons (Fsp3) is 0.600. The van der Waals surface area contributed by atoms with Gasteiger partial charge in [-0.25, -0.2) is 0 Å². The zero-order valence-corrected chi connectivity index (χ0v) is 23.3. The minimum absolute atomic E-state index is 0.119. The number of anilines is 1. The van der Waals surface area contributed by atoms with Crippen LogP contribution in [-0.2, 0) is 17.8 Å². The van der Waals surface area contributed by atoms with Crippen LogP contribution in [0.4, 0.5) is 5.95 Å². The van der Waals surface area contributed by atoms with Crippen LogP contribution in [0.2, 0.25) is 0 Å². The molecule has 1 aliphatic carbocycles. The molecule has 204 valence electrons. The molecular formula is C30H42N6O2. The summed E-state index contributed by atoms with van der Waals surface area (Å²) in [6.07, 6.45) is 8.85. The maximum absolute atomic E-state index is 12.9. The summed E-state index contributed by atoms with van der Waals surface area (Å²) in [4.78, 5) is 24.7. The Balaban J connectivity index is 1.30. The first-order valence-corrected chi connectivity index (χ1v) is 14.3. The Bertz CT molecular complexity index is 1240. The predicted molar refractivity (Wildman–Crippen MR) is 150 cm³/mol. The van der Waals surface area contributed by atoms with E-state index in [0.29, 0.717) is 30.7 Å². The summed E-state index contributed by atoms with van der Waals surface area (Å²) in [5.74, 6) is 2.26. The number of hydrogen-bond acceptors (Lipinski definition) is 7. The standard InChI is InChI=1S/C30H42N6O2/c1-20(2)26-19-32-36-28(26)33-30(38-25-12-14-35(4)15-13-25)34-29(36)31-18-23-7-5-6-22(16-23)17-27(37)24-10-8-21(3)9-11-24/h5-7,16,19-21,24-25H,8-15,17-18H2,1-4H3,(H,31,33,34). The van der Waals surface area contributed by atoms with Crippen molar-refractivity contribution in [1.29, 1.82) is 0 Å². The molecule has 1 saturated heterocycles. The number of hydrogen-bond donors (Lipinski definition) is 1. The smallest absolute Gasteiger partial charge is 0.322 e. The summed E-state index contributed by atoms with van der Waals surface area (Å²) < 4.78 is 8.04. The van der Waals surface area contributed by atoms with Gasteiger partial charge in [-0.1, -0.05) is 57.9 Å². The van der Waals surface area contributed by atoms with Crippen molar-refractivity contribution in [2.45, 2.75) is 84.3 Å². The van der Waals surface area contributed by atoms with Crippen molar-refractivity contribution < 1.29 is 9.53 Å². The first-order valence-electron chi connectivity index (χ1n) is 14.3. The van der Waals surface area contributed by atoms with Crippen molar-refractivity contribution in [3.8, 4) is 6.01 Å². The Morgan fingerprint density at radius 1 is 1.08 bits per heavy atom. The van der Waals surface area contributed by atoms with Crippen molar-refractivity contribution >= 4 is 17.4 Å². The Morgan fingerprint density at radius 3 is 2.55 bits per heavy atom. The predicted octanol–water partition coefficient (Wildman–Crippen LogP) is 5.27. The third-order valence-electron chi connectivity index (χ3n) is 8.23. The molecule has 1 aliphatic heterocycles. The van der Waals surface area contributed by atoms with Gasteiger partial charge in [0.25, 0.3) is 0 Å². The van der Waals surface area contributed by atoms with Gasteiger partial charge >= 0.3 is 6.01 Å². The Kier molecular flexibility index (Phi) is 8.27. The fourth-order valence-electron chi connectivity index (χ4n) is 5.66. The molecule has 38 heavy (non-hydrogen) atoms. The highest BCUT2D eigenvalue weighted by Crippen LogP contribution is 2.30. The van der Waals surface area contributed by atoms with Crippen LogP contribution in [0.15, 0.2) is 30.5 Å². The van der Waals surface area contributed by atoms with Crippen molar-refractivity contribution in [2.75, 3.05) is 25.5 Å². The summed E-state index contributed by atoms with van der Waals surface area (Å²) in [5.41, 5.74) is 4.03. The number of ether oxygens (including phenoxy) is 1. The molecule has 0 spiro atoms. The van der Waals surface area contributed by atoms with E-state index in [-0.39, 0.29) is 17.9 Å². The molecule has 2 aromatic heterocycles. The highest BCUT2D eigenvalue weighted by atomic mass is 16.5. The summed E-state index contributed by atoms with van der Waals surface area (Å²) in [6, 6.07) is 8.72. The molecule has 1 saturated carbocycles. The molecule has 0 bridgehead atoms. The largest absolute Gasteiger partial charge is 0.460 e. The Hall–Kier alpha value is -3.00. The Labute approximate surface area is 226 Å². The second-order valence-corrected chi connectivity index (χ2v) is 11.7. The highest BCUT2D eigenvalue weighted by Gasteiger charge is 2.24. The average Bonchev–Trinajstić information content (AvgIpc) is 3.34. The van der Waals surface area contributed by atoms with Crippen LogP contribution in [0, 0.1) is 11.8 Å². The van der Waals surface area contributed by atoms with Gasteiger partial charge in [-0.3, -0.25) is 4.79 Å². The van der Waals surface area contributed by atoms with Gasteiger partial charge < -0.3 is 15.0 Å². The van der Waals surface area contributed by atoms with Crippen LogP contribution >= 0.6 is 0 Å². The zero-order valence-electron chi connectivity index (χ0n) is 23.3. The molecule has 1 N–H and O–H groups in total. The summed E-state index contributed by atoms with van der Waals surface area (Å²) in [7, 11) is 2.14. The van der Waals surface area contributed by atoms with Crippen molar-refractivity contribution in [3.63, 3.8) is 0 Å². The minimum atomic E-state index is 0.119. The lowest BCUT2D eigenvalue weighted by Gasteiger charge is -2.28. The van der Waals surface area contributed by atoms with Crippen LogP contribution < -0.4 is 10.1 Å². The van der Waals surface area contributed by atoms with Crippen LogP contribution in [0.1, 0.15) is 81.9 Å². The van der Waals surface area contributed by atoms with E-state index in [1.54, 1.807) is 4.52 Å². The monoisotopic (exact) mass is 518 g/mol. The number of carbonyl (C=O) groups excluding carboxylic acids is 1. The summed E-state index contributed by atoms with van der Waals surface area (Å²) in [6.45, 7) is 9.18. The van der Waals surface area contributed by atoms with Gasteiger partial charge in [0.2, 0.25) is 5.95 Å². The van der Waals surface area contributed by atoms with Gasteiger partial charge in [0.05, 0.1) is 6.20 Å². The van der Waals surface area contributed by atoms with E-state index < -0.39 is 0 Å². The first kappa shape index (κ1) is 26.6. The highest BCUT2D eigenvalue weighted by molar-refractivity contribution is 5.83. The summed E-state index contributed by atoms with van der Waals surface area (Å²) in [5, 5.41) is 8.05. The van der Waals surface area contributed by atoms with E-state index in [1.807, 2.05) is 12.3 Å². The molecule has 0 unspecified atom stereocenters. The van der Waals surface area contributed by atoms with Gasteiger partial charge in [0.1, 0.15) is 11.9 Å². The number of ketones is 1. The molecule has 3 aromatic rings. The molecule has 0 radical (unpaired) electrons. The number of fused-ring (bicyclic) bond motifs is 1. The maximum Gasteiger partial charge on any atom is 0.322 e. The quantitative estimate of drug-likeness (QED) is 0.413. The lowest BCUT2D eigenvalue weighted by atomic mass is 9.79. The molecular weight excluding hydrogens is 476 g/mol. The molecule has 0 amide bonds. The number of benzene rings is 1. The number of piperidine rings is 1. The molecule has 3 heterocycles. The van der Waals surface area contributed by atoms with Crippen LogP contribution in [-0.4, -0.2) is 56.5 Å². The van der Waals surface area contributed by atoms with E-state index in [2.05, 4.69) is 61.3 Å². The van der Waals surface area contributed by atoms with Gasteiger partial charge in [-0.2, -0.15) is 19.6 Å². The van der Waals surface area contributed by atoms with Crippen LogP contribution in [0.25, 0.3) is 5.65 Å². The van der Waals surface area contributed by atoms with Crippen LogP contribution in [0.3, 0.4) is 0 Å². The minimum Gasteiger partial charge on any atom is -0.460 e. The fourth-order valence-corrected chi connectivity index (χ4v) is 5.66. The maximum atomic E-state index is 12.9. The zero-order chi connectivity index (χ0) is 26.6. The van der Waals surface area contributed by atoms with Crippen molar-refractivity contribution in [2.24, 2.45) is 11.8 Å². The lowest BCUT2D eigenvalue weighted by Crippen LogP contribution is -2.36. The van der Waals surface area contributed by atoms with Gasteiger partial charge in [-0.05, 0) is 55.7 Å². The molecule has 1 aromatic carbocycles. The second kappa shape index (κ2) is 11.8. The number of Topliss-reactive ketones (excluding diaryl/α,β-unsaturated/α-hetero) is 1. The topological polar surface area (TPSA) is 84.6 Å². The summed E-state index contributed by atoms with van der Waals surface area (Å²) >= 11 is 0. The SMILES string of the molecule is CC1CCC(C(=O)Cc2cccc(CNc3nc(OC4CCN(C)CC4)nc4c(C(C)C)cnn34)c2)CC1.